The fourth-order valence-electron chi connectivity index (χ4n) is 3.00. The minimum atomic E-state index is -1.21. The topological polar surface area (TPSA) is 220 Å². The molecule has 0 radical (unpaired) electrons. The first kappa shape index (κ1) is 38.2. The number of carboxylic acid groups (broad SMARTS) is 1. The number of hydrogen-bond acceptors (Lipinski definition) is 12. The van der Waals surface area contributed by atoms with Crippen molar-refractivity contribution in [1.29, 1.82) is 0 Å². The number of nitrogens with one attached hydrogen (secondary N) is 5. The van der Waals surface area contributed by atoms with Gasteiger partial charge in [-0.1, -0.05) is 12.8 Å². The predicted octanol–water partition coefficient (Wildman–Crippen LogP) is -2.45. The van der Waals surface area contributed by atoms with Gasteiger partial charge in [-0.25, -0.2) is 4.79 Å². The van der Waals surface area contributed by atoms with E-state index in [4.69, 9.17) is 24.1 Å². The molecule has 6 N–H and O–H groups in total. The smallest absolute Gasteiger partial charge is 0.326 e. The first-order valence-corrected chi connectivity index (χ1v) is 13.7. The molecule has 0 aliphatic carbocycles. The molecule has 0 aliphatic rings. The maximum atomic E-state index is 11.7. The van der Waals surface area contributed by atoms with Crippen molar-refractivity contribution in [3.8, 4) is 0 Å². The van der Waals surface area contributed by atoms with Gasteiger partial charge in [-0.2, -0.15) is 0 Å². The number of unbranched alkanes of at least 4 members (excludes halogenated alkanes) is 1. The molecule has 236 valence electrons. The highest BCUT2D eigenvalue weighted by atomic mass is 32.1. The van der Waals surface area contributed by atoms with E-state index in [0.29, 0.717) is 13.0 Å². The summed E-state index contributed by atoms with van der Waals surface area (Å²) in [6, 6.07) is -1.40. The molecule has 0 saturated heterocycles. The highest BCUT2D eigenvalue weighted by Gasteiger charge is 2.17. The molecule has 2 atom stereocenters. The van der Waals surface area contributed by atoms with Gasteiger partial charge in [0.1, 0.15) is 25.5 Å². The SMILES string of the molecule is O=CN[C@@H](CCC(=O)NCCOCCOCC(=O)NCCOCCOCC(=O)NCCCCC(C=O)NS)C(=O)O. The Hall–Kier alpha value is -2.83. The highest BCUT2D eigenvalue weighted by Crippen LogP contribution is 1.99. The van der Waals surface area contributed by atoms with Crippen molar-refractivity contribution in [2.24, 2.45) is 0 Å². The Morgan fingerprint density at radius 1 is 0.707 bits per heavy atom. The van der Waals surface area contributed by atoms with Crippen molar-refractivity contribution in [3.05, 3.63) is 0 Å². The standard InChI is InChI=1S/C24H43N5O11S/c30-15-19(29-41)3-1-2-6-25-22(33)16-39-13-12-38-10-8-27-23(34)17-40-14-11-37-9-7-26-21(32)5-4-20(24(35)36)28-18-31/h15,18-20,29,41H,1-14,16-17H2,(H,25,33)(H,26,32)(H,27,34)(H,28,31)(H,35,36)/t19?,20-/m0/s1. The second-order valence-electron chi connectivity index (χ2n) is 8.46. The zero-order valence-corrected chi connectivity index (χ0v) is 24.0. The van der Waals surface area contributed by atoms with Crippen LogP contribution in [0.25, 0.3) is 0 Å². The van der Waals surface area contributed by atoms with E-state index in [-0.39, 0.29) is 109 Å². The number of carbonyl (C=O) groups excluding carboxylic acids is 5. The summed E-state index contributed by atoms with van der Waals surface area (Å²) in [5.41, 5.74) is 0. The number of ether oxygens (including phenoxy) is 4. The van der Waals surface area contributed by atoms with Crippen LogP contribution in [0.15, 0.2) is 0 Å². The van der Waals surface area contributed by atoms with Crippen LogP contribution in [0.5, 0.6) is 0 Å². The Bertz CT molecular complexity index is 764. The van der Waals surface area contributed by atoms with Crippen LogP contribution in [0.4, 0.5) is 0 Å². The van der Waals surface area contributed by atoms with Crippen LogP contribution in [-0.4, -0.2) is 126 Å². The van der Waals surface area contributed by atoms with Gasteiger partial charge >= 0.3 is 5.97 Å². The quantitative estimate of drug-likeness (QED) is 0.0267. The van der Waals surface area contributed by atoms with E-state index >= 15 is 0 Å². The molecule has 17 heteroatoms. The third kappa shape index (κ3) is 24.7. The first-order valence-electron chi connectivity index (χ1n) is 13.2. The third-order valence-electron chi connectivity index (χ3n) is 5.17. The molecule has 0 fully saturated rings. The number of hydrogen-bond donors (Lipinski definition) is 7. The lowest BCUT2D eigenvalue weighted by Crippen LogP contribution is -2.37. The predicted molar refractivity (Wildman–Crippen MR) is 148 cm³/mol. The summed E-state index contributed by atoms with van der Waals surface area (Å²) in [4.78, 5) is 66.9. The van der Waals surface area contributed by atoms with E-state index in [1.165, 1.54) is 0 Å². The monoisotopic (exact) mass is 609 g/mol. The summed E-state index contributed by atoms with van der Waals surface area (Å²) in [6.45, 7) is 2.12. The van der Waals surface area contributed by atoms with E-state index in [9.17, 15) is 28.8 Å². The van der Waals surface area contributed by atoms with Crippen molar-refractivity contribution in [2.75, 3.05) is 72.5 Å². The van der Waals surface area contributed by atoms with Gasteiger partial charge in [0.15, 0.2) is 0 Å². The van der Waals surface area contributed by atoms with E-state index in [1.807, 2.05) is 0 Å². The van der Waals surface area contributed by atoms with Crippen LogP contribution in [0.1, 0.15) is 32.1 Å². The average Bonchev–Trinajstić information content (AvgIpc) is 2.95. The molecule has 0 aliphatic heterocycles. The molecule has 1 unspecified atom stereocenters. The summed E-state index contributed by atoms with van der Waals surface area (Å²) in [7, 11) is 0. The van der Waals surface area contributed by atoms with Gasteiger partial charge < -0.3 is 50.1 Å². The highest BCUT2D eigenvalue weighted by molar-refractivity contribution is 7.78. The molecular formula is C24H43N5O11S. The summed E-state index contributed by atoms with van der Waals surface area (Å²) < 4.78 is 23.6. The van der Waals surface area contributed by atoms with Crippen molar-refractivity contribution in [3.63, 3.8) is 0 Å². The lowest BCUT2D eigenvalue weighted by Gasteiger charge is -2.11. The summed E-state index contributed by atoms with van der Waals surface area (Å²) in [5.74, 6) is -2.13. The summed E-state index contributed by atoms with van der Waals surface area (Å²) in [5, 5.41) is 18.9. The average molecular weight is 610 g/mol. The Kier molecular flexibility index (Phi) is 25.5. The maximum Gasteiger partial charge on any atom is 0.326 e. The number of thiol groups is 1. The van der Waals surface area contributed by atoms with Gasteiger partial charge in [0, 0.05) is 26.1 Å². The van der Waals surface area contributed by atoms with Gasteiger partial charge in [0.25, 0.3) is 0 Å². The van der Waals surface area contributed by atoms with Gasteiger partial charge in [-0.05, 0) is 25.7 Å². The molecule has 0 spiro atoms. The van der Waals surface area contributed by atoms with E-state index in [2.05, 4.69) is 38.8 Å². The minimum absolute atomic E-state index is 0.0268. The van der Waals surface area contributed by atoms with E-state index in [1.54, 1.807) is 0 Å². The molecule has 0 aromatic heterocycles. The third-order valence-corrected chi connectivity index (χ3v) is 5.50. The molecule has 0 saturated carbocycles. The number of carboxylic acids is 1. The Morgan fingerprint density at radius 2 is 1.24 bits per heavy atom. The molecular weight excluding hydrogens is 566 g/mol. The second kappa shape index (κ2) is 27.3. The molecule has 41 heavy (non-hydrogen) atoms. The zero-order valence-electron chi connectivity index (χ0n) is 23.1. The van der Waals surface area contributed by atoms with Crippen molar-refractivity contribution >= 4 is 49.2 Å². The fraction of sp³-hybridized carbons (Fsp3) is 0.750. The van der Waals surface area contributed by atoms with Crippen LogP contribution in [0.3, 0.4) is 0 Å². The minimum Gasteiger partial charge on any atom is -0.480 e. The zero-order chi connectivity index (χ0) is 30.6. The maximum absolute atomic E-state index is 11.7. The molecule has 0 bridgehead atoms. The van der Waals surface area contributed by atoms with E-state index < -0.39 is 12.0 Å². The molecule has 4 amide bonds. The van der Waals surface area contributed by atoms with Gasteiger partial charge in [0.05, 0.1) is 45.7 Å². The molecule has 0 rings (SSSR count). The Morgan fingerprint density at radius 3 is 1.76 bits per heavy atom. The first-order chi connectivity index (χ1) is 19.8. The second-order valence-corrected chi connectivity index (χ2v) is 8.72. The van der Waals surface area contributed by atoms with Gasteiger partial charge in [0.2, 0.25) is 24.1 Å². The molecule has 0 heterocycles. The summed E-state index contributed by atoms with van der Waals surface area (Å²) >= 11 is 3.85. The van der Waals surface area contributed by atoms with Crippen molar-refractivity contribution in [2.45, 2.75) is 44.2 Å². The van der Waals surface area contributed by atoms with Crippen LogP contribution >= 0.6 is 12.8 Å². The lowest BCUT2D eigenvalue weighted by atomic mass is 10.1. The Balaban J connectivity index is 3.47. The van der Waals surface area contributed by atoms with Gasteiger partial charge in [-0.3, -0.25) is 23.9 Å². The van der Waals surface area contributed by atoms with Crippen LogP contribution < -0.4 is 26.0 Å². The number of amides is 4. The number of rotatable bonds is 29. The van der Waals surface area contributed by atoms with E-state index in [0.717, 1.165) is 19.1 Å². The summed E-state index contributed by atoms with van der Waals surface area (Å²) in [6.07, 6.45) is 3.15. The normalized spacial score (nSPS) is 12.1. The molecule has 0 aromatic rings. The largest absolute Gasteiger partial charge is 0.480 e. The van der Waals surface area contributed by atoms with Crippen molar-refractivity contribution in [1.82, 2.24) is 26.0 Å². The van der Waals surface area contributed by atoms with Crippen LogP contribution in [-0.2, 0) is 47.7 Å². The molecule has 16 nitrogen and oxygen atoms in total. The number of carbonyl (C=O) groups is 6. The number of aldehydes is 1. The van der Waals surface area contributed by atoms with Gasteiger partial charge in [-0.15, -0.1) is 0 Å². The lowest BCUT2D eigenvalue weighted by molar-refractivity contribution is -0.141. The van der Waals surface area contributed by atoms with Crippen LogP contribution in [0, 0.1) is 0 Å². The van der Waals surface area contributed by atoms with Crippen LogP contribution in [0.2, 0.25) is 0 Å². The molecule has 0 aromatic carbocycles. The Labute approximate surface area is 244 Å². The fourth-order valence-corrected chi connectivity index (χ4v) is 3.19. The van der Waals surface area contributed by atoms with Crippen molar-refractivity contribution < 1.29 is 52.8 Å². The number of aliphatic carboxylic acids is 1.